The molecule has 0 unspecified atom stereocenters. The van der Waals surface area contributed by atoms with Gasteiger partial charge in [0.1, 0.15) is 24.2 Å². The van der Waals surface area contributed by atoms with Crippen molar-refractivity contribution in [1.29, 1.82) is 0 Å². The molecule has 0 bridgehead atoms. The monoisotopic (exact) mass is 631 g/mol. The third-order valence-corrected chi connectivity index (χ3v) is 9.33. The number of nitrogens with zero attached hydrogens (tertiary/aromatic N) is 2. The summed E-state index contributed by atoms with van der Waals surface area (Å²) < 4.78 is 49.3. The average Bonchev–Trinajstić information content (AvgIpc) is 3.06. The fourth-order valence-electron chi connectivity index (χ4n) is 4.80. The molecule has 0 heterocycles. The number of para-hydroxylation sites is 1. The first-order chi connectivity index (χ1) is 21.6. The average molecular weight is 632 g/mol. The van der Waals surface area contributed by atoms with Crippen LogP contribution in [0, 0.1) is 5.82 Å². The lowest BCUT2D eigenvalue weighted by atomic mass is 10.0. The maximum Gasteiger partial charge on any atom is 0.264 e. The molecule has 0 radical (unpaired) electrons. The molecule has 4 aromatic rings. The van der Waals surface area contributed by atoms with Gasteiger partial charge in [0.25, 0.3) is 10.0 Å². The highest BCUT2D eigenvalue weighted by Crippen LogP contribution is 2.26. The fourth-order valence-corrected chi connectivity index (χ4v) is 6.22. The van der Waals surface area contributed by atoms with Gasteiger partial charge in [-0.15, -0.1) is 0 Å². The third-order valence-electron chi connectivity index (χ3n) is 7.54. The zero-order valence-corrected chi connectivity index (χ0v) is 26.4. The van der Waals surface area contributed by atoms with Gasteiger partial charge in [-0.2, -0.15) is 0 Å². The van der Waals surface area contributed by atoms with Crippen molar-refractivity contribution in [2.75, 3.05) is 18.0 Å². The van der Waals surface area contributed by atoms with Crippen molar-refractivity contribution >= 4 is 27.5 Å². The zero-order chi connectivity index (χ0) is 32.4. The molecule has 0 saturated heterocycles. The Morgan fingerprint density at radius 1 is 0.867 bits per heavy atom. The van der Waals surface area contributed by atoms with Gasteiger partial charge in [-0.25, -0.2) is 12.8 Å². The van der Waals surface area contributed by atoms with Crippen LogP contribution in [0.4, 0.5) is 10.1 Å². The SMILES string of the molecule is CC[C@@H](C)NC(=O)[C@@H](Cc1ccccc1)N(Cc1ccccc1F)C(=O)CN(c1ccccc1)S(=O)(=O)c1ccc(OC)cc1. The second kappa shape index (κ2) is 15.3. The summed E-state index contributed by atoms with van der Waals surface area (Å²) in [4.78, 5) is 29.5. The second-order valence-electron chi connectivity index (χ2n) is 10.7. The fraction of sp³-hybridized carbons (Fsp3) is 0.257. The van der Waals surface area contributed by atoms with Gasteiger partial charge < -0.3 is 15.0 Å². The molecule has 236 valence electrons. The van der Waals surface area contributed by atoms with Gasteiger partial charge in [0.05, 0.1) is 17.7 Å². The minimum absolute atomic E-state index is 0.0454. The molecular weight excluding hydrogens is 593 g/mol. The molecule has 0 spiro atoms. The van der Waals surface area contributed by atoms with Crippen LogP contribution in [0.25, 0.3) is 0 Å². The number of anilines is 1. The normalized spacial score (nSPS) is 12.5. The molecule has 4 rings (SSSR count). The first kappa shape index (κ1) is 33.2. The van der Waals surface area contributed by atoms with E-state index in [1.807, 2.05) is 44.2 Å². The van der Waals surface area contributed by atoms with Gasteiger partial charge in [0.15, 0.2) is 0 Å². The maximum absolute atomic E-state index is 15.0. The van der Waals surface area contributed by atoms with Crippen LogP contribution in [-0.4, -0.2) is 50.9 Å². The summed E-state index contributed by atoms with van der Waals surface area (Å²) >= 11 is 0. The molecule has 45 heavy (non-hydrogen) atoms. The molecule has 8 nitrogen and oxygen atoms in total. The summed E-state index contributed by atoms with van der Waals surface area (Å²) in [6.07, 6.45) is 0.798. The molecule has 0 aliphatic rings. The number of halogens is 1. The molecule has 10 heteroatoms. The van der Waals surface area contributed by atoms with Crippen molar-refractivity contribution in [3.05, 3.63) is 126 Å². The standard InChI is InChI=1S/C35H38FN3O5S/c1-4-26(2)37-35(41)33(23-27-13-7-5-8-14-27)38(24-28-15-11-12-18-32(28)36)34(40)25-39(29-16-9-6-10-17-29)45(42,43)31-21-19-30(44-3)20-22-31/h5-22,26,33H,4,23-25H2,1-3H3,(H,37,41)/t26-,33-/m1/s1. The number of sulfonamides is 1. The Morgan fingerprint density at radius 2 is 1.47 bits per heavy atom. The minimum atomic E-state index is -4.26. The highest BCUT2D eigenvalue weighted by atomic mass is 32.2. The zero-order valence-electron chi connectivity index (χ0n) is 25.6. The van der Waals surface area contributed by atoms with Gasteiger partial charge >= 0.3 is 0 Å². The van der Waals surface area contributed by atoms with E-state index in [0.29, 0.717) is 12.2 Å². The number of methoxy groups -OCH3 is 1. The molecule has 0 aliphatic carbocycles. The van der Waals surface area contributed by atoms with E-state index in [9.17, 15) is 18.0 Å². The van der Waals surface area contributed by atoms with Crippen molar-refractivity contribution in [1.82, 2.24) is 10.2 Å². The summed E-state index contributed by atoms with van der Waals surface area (Å²) in [6, 6.07) is 28.1. The molecule has 0 fully saturated rings. The van der Waals surface area contributed by atoms with E-state index in [1.54, 1.807) is 48.5 Å². The number of hydrogen-bond donors (Lipinski definition) is 1. The maximum atomic E-state index is 15.0. The minimum Gasteiger partial charge on any atom is -0.497 e. The van der Waals surface area contributed by atoms with Gasteiger partial charge in [-0.05, 0) is 61.4 Å². The lowest BCUT2D eigenvalue weighted by Gasteiger charge is -2.34. The Morgan fingerprint density at radius 3 is 2.07 bits per heavy atom. The Kier molecular flexibility index (Phi) is 11.3. The van der Waals surface area contributed by atoms with Crippen LogP contribution in [0.5, 0.6) is 5.75 Å². The third kappa shape index (κ3) is 8.48. The molecule has 0 aliphatic heterocycles. The number of carbonyl (C=O) groups excluding carboxylic acids is 2. The Labute approximate surface area is 264 Å². The molecule has 2 atom stereocenters. The van der Waals surface area contributed by atoms with Crippen LogP contribution in [0.15, 0.2) is 114 Å². The number of hydrogen-bond acceptors (Lipinski definition) is 5. The summed E-state index contributed by atoms with van der Waals surface area (Å²) in [5.41, 5.74) is 1.25. The lowest BCUT2D eigenvalue weighted by Crippen LogP contribution is -2.54. The summed E-state index contributed by atoms with van der Waals surface area (Å²) in [6.45, 7) is 2.91. The molecule has 2 amide bonds. The van der Waals surface area contributed by atoms with Gasteiger partial charge in [-0.3, -0.25) is 13.9 Å². The smallest absolute Gasteiger partial charge is 0.264 e. The van der Waals surface area contributed by atoms with E-state index in [-0.39, 0.29) is 35.2 Å². The van der Waals surface area contributed by atoms with Gasteiger partial charge in [-0.1, -0.05) is 73.7 Å². The van der Waals surface area contributed by atoms with E-state index in [1.165, 1.54) is 42.3 Å². The molecular formula is C35H38FN3O5S. The molecule has 0 aromatic heterocycles. The summed E-state index contributed by atoms with van der Waals surface area (Å²) in [5.74, 6) is -1.15. The van der Waals surface area contributed by atoms with Crippen LogP contribution < -0.4 is 14.4 Å². The van der Waals surface area contributed by atoms with E-state index >= 15 is 4.39 Å². The number of carbonyl (C=O) groups is 2. The van der Waals surface area contributed by atoms with Crippen molar-refractivity contribution in [3.63, 3.8) is 0 Å². The lowest BCUT2D eigenvalue weighted by molar-refractivity contribution is -0.140. The van der Waals surface area contributed by atoms with Crippen LogP contribution in [0.2, 0.25) is 0 Å². The predicted octanol–water partition coefficient (Wildman–Crippen LogP) is 5.58. The highest BCUT2D eigenvalue weighted by Gasteiger charge is 2.35. The highest BCUT2D eigenvalue weighted by molar-refractivity contribution is 7.92. The number of amides is 2. The van der Waals surface area contributed by atoms with Crippen molar-refractivity contribution in [2.45, 2.75) is 50.2 Å². The van der Waals surface area contributed by atoms with Crippen molar-refractivity contribution in [3.8, 4) is 5.75 Å². The van der Waals surface area contributed by atoms with Crippen molar-refractivity contribution in [2.24, 2.45) is 0 Å². The topological polar surface area (TPSA) is 96.0 Å². The van der Waals surface area contributed by atoms with E-state index in [2.05, 4.69) is 5.32 Å². The number of ether oxygens (including phenoxy) is 1. The summed E-state index contributed by atoms with van der Waals surface area (Å²) in [7, 11) is -2.78. The predicted molar refractivity (Wildman–Crippen MR) is 173 cm³/mol. The molecule has 4 aromatic carbocycles. The van der Waals surface area contributed by atoms with Crippen LogP contribution >= 0.6 is 0 Å². The van der Waals surface area contributed by atoms with E-state index in [0.717, 1.165) is 9.87 Å². The Balaban J connectivity index is 1.79. The Hall–Kier alpha value is -4.70. The van der Waals surface area contributed by atoms with Crippen molar-refractivity contribution < 1.29 is 27.1 Å². The Bertz CT molecular complexity index is 1670. The van der Waals surface area contributed by atoms with Crippen LogP contribution in [0.3, 0.4) is 0 Å². The molecule has 1 N–H and O–H groups in total. The van der Waals surface area contributed by atoms with Gasteiger partial charge in [0, 0.05) is 24.6 Å². The van der Waals surface area contributed by atoms with Crippen LogP contribution in [-0.2, 0) is 32.6 Å². The number of rotatable bonds is 14. The number of benzene rings is 4. The summed E-state index contributed by atoms with van der Waals surface area (Å²) in [5, 5.41) is 2.97. The quantitative estimate of drug-likeness (QED) is 0.196. The first-order valence-electron chi connectivity index (χ1n) is 14.7. The first-order valence-corrected chi connectivity index (χ1v) is 16.2. The van der Waals surface area contributed by atoms with E-state index in [4.69, 9.17) is 4.74 Å². The van der Waals surface area contributed by atoms with Crippen LogP contribution in [0.1, 0.15) is 31.4 Å². The molecule has 0 saturated carbocycles. The number of nitrogens with one attached hydrogen (secondary N) is 1. The van der Waals surface area contributed by atoms with E-state index < -0.39 is 40.2 Å². The largest absolute Gasteiger partial charge is 0.497 e. The second-order valence-corrected chi connectivity index (χ2v) is 12.5. The van der Waals surface area contributed by atoms with Gasteiger partial charge in [0.2, 0.25) is 11.8 Å².